The number of aromatic nitrogens is 6. The second kappa shape index (κ2) is 20.9. The summed E-state index contributed by atoms with van der Waals surface area (Å²) in [7, 11) is 0. The molecule has 0 saturated carbocycles. The number of hydrogen-bond donors (Lipinski definition) is 0. The minimum atomic E-state index is 0.778. The van der Waals surface area contributed by atoms with E-state index in [1.165, 1.54) is 43.8 Å². The fraction of sp³-hybridized carbons (Fsp3) is 0.0465. The molecule has 434 valence electrons. The van der Waals surface area contributed by atoms with Crippen molar-refractivity contribution in [2.75, 3.05) is 0 Å². The third kappa shape index (κ3) is 8.34. The summed E-state index contributed by atoms with van der Waals surface area (Å²) in [6.45, 7) is 8.81. The Morgan fingerprint density at radius 1 is 0.217 bits per heavy atom. The molecule has 0 radical (unpaired) electrons. The van der Waals surface area contributed by atoms with E-state index in [-0.39, 0.29) is 0 Å². The molecule has 18 aromatic rings. The third-order valence-corrected chi connectivity index (χ3v) is 19.1. The van der Waals surface area contributed by atoms with Crippen LogP contribution in [0, 0.1) is 27.7 Å². The highest BCUT2D eigenvalue weighted by Gasteiger charge is 2.33. The average molecular weight is 1180 g/mol. The Kier molecular flexibility index (Phi) is 12.1. The lowest BCUT2D eigenvalue weighted by molar-refractivity contribution is 0.961. The van der Waals surface area contributed by atoms with Crippen molar-refractivity contribution < 1.29 is 0 Å². The first-order chi connectivity index (χ1) is 45.3. The van der Waals surface area contributed by atoms with Crippen molar-refractivity contribution in [3.8, 4) is 78.6 Å². The summed E-state index contributed by atoms with van der Waals surface area (Å²) in [5.41, 5.74) is 26.3. The van der Waals surface area contributed by atoms with Crippen molar-refractivity contribution in [2.45, 2.75) is 27.7 Å². The van der Waals surface area contributed by atoms with E-state index in [4.69, 9.17) is 9.97 Å². The maximum absolute atomic E-state index is 6.64. The summed E-state index contributed by atoms with van der Waals surface area (Å²) in [4.78, 5) is 11.4. The van der Waals surface area contributed by atoms with Crippen molar-refractivity contribution in [3.63, 3.8) is 0 Å². The molecular weight excluding hydrogens is 1120 g/mol. The quantitative estimate of drug-likeness (QED) is 0.145. The van der Waals surface area contributed by atoms with E-state index in [2.05, 4.69) is 325 Å². The molecule has 0 aliphatic heterocycles. The third-order valence-electron chi connectivity index (χ3n) is 19.1. The summed E-state index contributed by atoms with van der Waals surface area (Å²) < 4.78 is 10.0. The largest absolute Gasteiger partial charge is 0.305 e. The molecular formula is C86H60N6. The molecule has 18 rings (SSSR count). The van der Waals surface area contributed by atoms with E-state index < -0.39 is 0 Å². The highest BCUT2D eigenvalue weighted by molar-refractivity contribution is 6.17. The van der Waals surface area contributed by atoms with Crippen LogP contribution in [0.3, 0.4) is 0 Å². The maximum Gasteiger partial charge on any atom is 0.165 e. The number of nitrogens with zero attached hydrogens (tertiary/aromatic N) is 6. The molecule has 6 aromatic heterocycles. The van der Waals surface area contributed by atoms with Crippen molar-refractivity contribution in [1.82, 2.24) is 28.2 Å². The molecule has 12 aromatic carbocycles. The summed E-state index contributed by atoms with van der Waals surface area (Å²) >= 11 is 0. The molecule has 6 heterocycles. The fourth-order valence-electron chi connectivity index (χ4n) is 14.8. The zero-order valence-electron chi connectivity index (χ0n) is 51.4. The summed E-state index contributed by atoms with van der Waals surface area (Å²) in [5, 5.41) is 9.22. The SMILES string of the molecule is Cc1ccc2c(c1)c1cc(C)ccc1n2-c1c(-n2c3ccc(-c4ccccc4)cc3c3cc(-c4ccccc4)ccc32)nc(-n2c3ccc(-c4ccccc4)cc3c3cc(-c4ccccc4)ccc32)c(-n2c3ccc(C)cc3c3cc(C)ccc32)c1-c1ccncc1. The minimum Gasteiger partial charge on any atom is -0.305 e. The van der Waals surface area contributed by atoms with Gasteiger partial charge in [0.1, 0.15) is 11.4 Å². The number of fused-ring (bicyclic) bond motifs is 12. The Labute approximate surface area is 532 Å². The molecule has 0 bridgehead atoms. The first-order valence-corrected chi connectivity index (χ1v) is 31.7. The lowest BCUT2D eigenvalue weighted by Gasteiger charge is -2.27. The fourth-order valence-corrected chi connectivity index (χ4v) is 14.8. The molecule has 0 spiro atoms. The number of hydrogen-bond acceptors (Lipinski definition) is 2. The van der Waals surface area contributed by atoms with Crippen LogP contribution < -0.4 is 0 Å². The Hall–Kier alpha value is -11.9. The Bertz CT molecular complexity index is 5350. The van der Waals surface area contributed by atoms with Crippen molar-refractivity contribution >= 4 is 87.2 Å². The standard InChI is InChI=1S/C86H60N6/c1-53-25-33-74-66(45-53)67-46-54(2)26-34-75(67)89(74)83-82(61-41-43-87-44-42-61)84(90-76-35-27-55(3)47-68(76)69-48-56(4)28-36-77(69)90)86(92-80-39-31-64(59-21-13-7-14-22-59)51-72(80)73-52-65(32-40-81(73)92)60-23-15-8-16-24-60)88-85(83)91-78-37-29-62(57-17-9-5-10-18-57)49-70(78)71-50-63(30-38-79(71)91)58-19-11-6-12-20-58/h5-52H,1-4H3. The Morgan fingerprint density at radius 3 is 0.750 bits per heavy atom. The molecule has 0 saturated heterocycles. The van der Waals surface area contributed by atoms with Crippen LogP contribution in [-0.4, -0.2) is 28.2 Å². The number of pyridine rings is 2. The second-order valence-corrected chi connectivity index (χ2v) is 24.9. The van der Waals surface area contributed by atoms with Gasteiger partial charge in [-0.3, -0.25) is 14.1 Å². The monoisotopic (exact) mass is 1180 g/mol. The Morgan fingerprint density at radius 2 is 0.467 bits per heavy atom. The minimum absolute atomic E-state index is 0.778. The molecule has 0 aliphatic carbocycles. The van der Waals surface area contributed by atoms with Gasteiger partial charge in [0.25, 0.3) is 0 Å². The van der Waals surface area contributed by atoms with Crippen LogP contribution >= 0.6 is 0 Å². The first-order valence-electron chi connectivity index (χ1n) is 31.7. The average Bonchev–Trinajstić information content (AvgIpc) is 1.50. The van der Waals surface area contributed by atoms with Crippen molar-refractivity contribution in [3.05, 3.63) is 314 Å². The molecule has 0 unspecified atom stereocenters. The molecule has 0 atom stereocenters. The summed E-state index contributed by atoms with van der Waals surface area (Å²) in [5.74, 6) is 1.56. The predicted octanol–water partition coefficient (Wildman–Crippen LogP) is 22.4. The van der Waals surface area contributed by atoms with Crippen LogP contribution in [0.5, 0.6) is 0 Å². The molecule has 92 heavy (non-hydrogen) atoms. The number of benzene rings is 12. The van der Waals surface area contributed by atoms with Gasteiger partial charge < -0.3 is 9.13 Å². The van der Waals surface area contributed by atoms with Gasteiger partial charge in [0.05, 0.1) is 44.1 Å². The van der Waals surface area contributed by atoms with Crippen LogP contribution in [-0.2, 0) is 0 Å². The first kappa shape index (κ1) is 53.2. The van der Waals surface area contributed by atoms with E-state index in [1.54, 1.807) is 0 Å². The van der Waals surface area contributed by atoms with Gasteiger partial charge in [-0.25, -0.2) is 4.98 Å². The molecule has 0 fully saturated rings. The lowest BCUT2D eigenvalue weighted by atomic mass is 10.0. The normalized spacial score (nSPS) is 11.9. The predicted molar refractivity (Wildman–Crippen MR) is 386 cm³/mol. The molecule has 6 nitrogen and oxygen atoms in total. The van der Waals surface area contributed by atoms with Gasteiger partial charge in [-0.15, -0.1) is 0 Å². The van der Waals surface area contributed by atoms with E-state index >= 15 is 0 Å². The summed E-state index contributed by atoms with van der Waals surface area (Å²) in [6.07, 6.45) is 3.90. The molecule has 0 aliphatic rings. The van der Waals surface area contributed by atoms with E-state index in [1.807, 2.05) is 12.4 Å². The van der Waals surface area contributed by atoms with Crippen LogP contribution in [0.4, 0.5) is 0 Å². The highest BCUT2D eigenvalue weighted by Crippen LogP contribution is 2.50. The number of rotatable bonds is 9. The summed E-state index contributed by atoms with van der Waals surface area (Å²) in [6, 6.07) is 103. The van der Waals surface area contributed by atoms with E-state index in [9.17, 15) is 0 Å². The van der Waals surface area contributed by atoms with Crippen LogP contribution in [0.1, 0.15) is 22.3 Å². The van der Waals surface area contributed by atoms with E-state index in [0.717, 1.165) is 144 Å². The van der Waals surface area contributed by atoms with Gasteiger partial charge in [0.15, 0.2) is 11.6 Å². The van der Waals surface area contributed by atoms with Gasteiger partial charge in [-0.1, -0.05) is 192 Å². The van der Waals surface area contributed by atoms with Crippen LogP contribution in [0.2, 0.25) is 0 Å². The number of aryl methyl sites for hydroxylation is 4. The maximum atomic E-state index is 6.64. The zero-order chi connectivity index (χ0) is 61.3. The molecule has 0 amide bonds. The highest BCUT2D eigenvalue weighted by atomic mass is 15.2. The van der Waals surface area contributed by atoms with Crippen molar-refractivity contribution in [1.29, 1.82) is 0 Å². The second-order valence-electron chi connectivity index (χ2n) is 24.9. The van der Waals surface area contributed by atoms with Crippen LogP contribution in [0.15, 0.2) is 291 Å². The van der Waals surface area contributed by atoms with Gasteiger partial charge in [-0.2, -0.15) is 0 Å². The molecule has 0 N–H and O–H groups in total. The molecule has 6 heteroatoms. The van der Waals surface area contributed by atoms with Crippen molar-refractivity contribution in [2.24, 2.45) is 0 Å². The zero-order valence-corrected chi connectivity index (χ0v) is 51.4. The van der Waals surface area contributed by atoms with E-state index in [0.29, 0.717) is 0 Å². The van der Waals surface area contributed by atoms with Crippen LogP contribution in [0.25, 0.3) is 166 Å². The van der Waals surface area contributed by atoms with Gasteiger partial charge in [-0.05, 0) is 187 Å². The topological polar surface area (TPSA) is 45.5 Å². The van der Waals surface area contributed by atoms with Gasteiger partial charge in [0.2, 0.25) is 0 Å². The van der Waals surface area contributed by atoms with Gasteiger partial charge in [0, 0.05) is 61.0 Å². The lowest BCUT2D eigenvalue weighted by Crippen LogP contribution is -2.16. The Balaban J connectivity index is 1.11. The smallest absolute Gasteiger partial charge is 0.165 e. The van der Waals surface area contributed by atoms with Gasteiger partial charge >= 0.3 is 0 Å².